The molecule has 4 aromatic rings. The average Bonchev–Trinajstić information content (AvgIpc) is 3.05. The molecule has 4 rings (SSSR count). The van der Waals surface area contributed by atoms with Gasteiger partial charge in [-0.1, -0.05) is 109 Å². The van der Waals surface area contributed by atoms with E-state index in [1.807, 2.05) is 60.7 Å². The molecule has 0 spiro atoms. The molecule has 0 bridgehead atoms. The molecule has 0 radical (unpaired) electrons. The van der Waals surface area contributed by atoms with E-state index in [4.69, 9.17) is 10.5 Å². The molecular weight excluding hydrogens is 508 g/mol. The molecule has 202 valence electrons. The van der Waals surface area contributed by atoms with Crippen molar-refractivity contribution in [2.75, 3.05) is 0 Å². The van der Waals surface area contributed by atoms with E-state index >= 15 is 0 Å². The molecule has 2 heteroatoms. The molecule has 0 heterocycles. The predicted molar refractivity (Wildman–Crippen MR) is 175 cm³/mol. The highest BCUT2D eigenvalue weighted by molar-refractivity contribution is 5.71. The van der Waals surface area contributed by atoms with Crippen molar-refractivity contribution in [1.82, 2.24) is 0 Å². The van der Waals surface area contributed by atoms with Crippen LogP contribution in [0, 0.1) is 46.3 Å². The molecule has 0 N–H and O–H groups in total. The summed E-state index contributed by atoms with van der Waals surface area (Å²) in [6.07, 6.45) is 14.6. The van der Waals surface area contributed by atoms with Crippen molar-refractivity contribution in [3.05, 3.63) is 142 Å². The lowest BCUT2D eigenvalue weighted by Crippen LogP contribution is -1.80. The van der Waals surface area contributed by atoms with Crippen molar-refractivity contribution in [1.29, 1.82) is 10.5 Å². The Hall–Kier alpha value is -5.54. The minimum absolute atomic E-state index is 0.672. The number of nitrogens with zero attached hydrogens (tertiary/aromatic N) is 2. The van der Waals surface area contributed by atoms with Crippen molar-refractivity contribution >= 4 is 24.3 Å². The van der Waals surface area contributed by atoms with E-state index in [-0.39, 0.29) is 0 Å². The van der Waals surface area contributed by atoms with Crippen LogP contribution in [0.5, 0.6) is 0 Å². The summed E-state index contributed by atoms with van der Waals surface area (Å²) in [6, 6.07) is 35.9. The second kappa shape index (κ2) is 16.5. The first-order valence-corrected chi connectivity index (χ1v) is 14.3. The van der Waals surface area contributed by atoms with E-state index in [9.17, 15) is 0 Å². The highest BCUT2D eigenvalue weighted by Gasteiger charge is 1.94. The van der Waals surface area contributed by atoms with Gasteiger partial charge in [-0.25, -0.2) is 0 Å². The SMILES string of the molecule is N#Cc1ccc(/C=C/c2ccc(C#CCCCCCCC#Cc3ccc(/C=C/c4ccc(C#N)cc4)cc3)cc2)cc1. The molecule has 0 amide bonds. The van der Waals surface area contributed by atoms with Crippen LogP contribution in [0.1, 0.15) is 83.0 Å². The van der Waals surface area contributed by atoms with Crippen molar-refractivity contribution in [2.24, 2.45) is 0 Å². The van der Waals surface area contributed by atoms with Crippen LogP contribution < -0.4 is 0 Å². The first kappa shape index (κ1) is 29.4. The second-order valence-corrected chi connectivity index (χ2v) is 9.90. The Balaban J connectivity index is 1.09. The molecule has 42 heavy (non-hydrogen) atoms. The van der Waals surface area contributed by atoms with E-state index in [2.05, 4.69) is 96.5 Å². The lowest BCUT2D eigenvalue weighted by molar-refractivity contribution is 0.661. The Kier molecular flexibility index (Phi) is 11.6. The lowest BCUT2D eigenvalue weighted by Gasteiger charge is -1.97. The first-order chi connectivity index (χ1) is 20.7. The molecule has 0 fully saturated rings. The Morgan fingerprint density at radius 2 is 0.667 bits per heavy atom. The van der Waals surface area contributed by atoms with Crippen molar-refractivity contribution in [3.63, 3.8) is 0 Å². The molecule has 0 unspecified atom stereocenters. The van der Waals surface area contributed by atoms with Gasteiger partial charge in [0.25, 0.3) is 0 Å². The fourth-order valence-corrected chi connectivity index (χ4v) is 4.19. The monoisotopic (exact) mass is 540 g/mol. The van der Waals surface area contributed by atoms with Gasteiger partial charge in [-0.05, 0) is 83.6 Å². The summed E-state index contributed by atoms with van der Waals surface area (Å²) in [6.45, 7) is 0. The Bertz CT molecular complexity index is 1570. The highest BCUT2D eigenvalue weighted by Crippen LogP contribution is 2.12. The van der Waals surface area contributed by atoms with Crippen LogP contribution in [0.25, 0.3) is 24.3 Å². The number of unbranched alkanes of at least 4 members (excludes halogenated alkanes) is 5. The van der Waals surface area contributed by atoms with Gasteiger partial charge in [0.15, 0.2) is 0 Å². The zero-order chi connectivity index (χ0) is 29.2. The lowest BCUT2D eigenvalue weighted by atomic mass is 10.1. The van der Waals surface area contributed by atoms with Crippen molar-refractivity contribution < 1.29 is 0 Å². The van der Waals surface area contributed by atoms with Gasteiger partial charge in [0.1, 0.15) is 0 Å². The molecule has 0 saturated carbocycles. The van der Waals surface area contributed by atoms with Gasteiger partial charge >= 0.3 is 0 Å². The van der Waals surface area contributed by atoms with Gasteiger partial charge in [0.2, 0.25) is 0 Å². The summed E-state index contributed by atoms with van der Waals surface area (Å²) in [5.74, 6) is 13.1. The quantitative estimate of drug-likeness (QED) is 0.121. The fourth-order valence-electron chi connectivity index (χ4n) is 4.19. The van der Waals surface area contributed by atoms with Gasteiger partial charge < -0.3 is 0 Å². The third kappa shape index (κ3) is 10.2. The van der Waals surface area contributed by atoms with Gasteiger partial charge in [0, 0.05) is 24.0 Å². The topological polar surface area (TPSA) is 47.6 Å². The molecule has 4 aromatic carbocycles. The molecule has 0 aromatic heterocycles. The van der Waals surface area contributed by atoms with E-state index in [0.717, 1.165) is 59.1 Å². The van der Waals surface area contributed by atoms with Crippen LogP contribution in [0.2, 0.25) is 0 Å². The minimum Gasteiger partial charge on any atom is -0.192 e. The molecule has 0 aliphatic heterocycles. The van der Waals surface area contributed by atoms with E-state index in [1.54, 1.807) is 0 Å². The minimum atomic E-state index is 0.672. The molecule has 2 nitrogen and oxygen atoms in total. The van der Waals surface area contributed by atoms with Gasteiger partial charge in [-0.15, -0.1) is 0 Å². The van der Waals surface area contributed by atoms with E-state index in [0.29, 0.717) is 11.1 Å². The standard InChI is InChI=1S/C40H32N2/c41-31-39-27-23-37(24-28-39)21-19-35-15-11-33(12-16-35)9-7-5-3-1-2-4-6-8-10-34-13-17-36(18-14-34)20-22-38-25-29-40(32-42)30-26-38/h11-30H,1-6H2/b21-19+,22-20+. The van der Waals surface area contributed by atoms with E-state index < -0.39 is 0 Å². The summed E-state index contributed by atoms with van der Waals surface area (Å²) in [7, 11) is 0. The molecule has 0 saturated heterocycles. The largest absolute Gasteiger partial charge is 0.192 e. The normalized spacial score (nSPS) is 10.3. The second-order valence-electron chi connectivity index (χ2n) is 9.90. The third-order valence-electron chi connectivity index (χ3n) is 6.66. The van der Waals surface area contributed by atoms with Crippen LogP contribution in [0.3, 0.4) is 0 Å². The maximum atomic E-state index is 8.90. The Labute approximate surface area is 250 Å². The summed E-state index contributed by atoms with van der Waals surface area (Å²) < 4.78 is 0. The van der Waals surface area contributed by atoms with Crippen LogP contribution in [0.4, 0.5) is 0 Å². The smallest absolute Gasteiger partial charge is 0.0991 e. The van der Waals surface area contributed by atoms with E-state index in [1.165, 1.54) is 12.8 Å². The summed E-state index contributed by atoms with van der Waals surface area (Å²) in [5.41, 5.74) is 7.81. The summed E-state index contributed by atoms with van der Waals surface area (Å²) >= 11 is 0. The van der Waals surface area contributed by atoms with Gasteiger partial charge in [-0.3, -0.25) is 0 Å². The third-order valence-corrected chi connectivity index (χ3v) is 6.66. The van der Waals surface area contributed by atoms with Crippen molar-refractivity contribution in [2.45, 2.75) is 38.5 Å². The number of nitriles is 2. The average molecular weight is 541 g/mol. The van der Waals surface area contributed by atoms with Crippen LogP contribution in [0.15, 0.2) is 97.1 Å². The van der Waals surface area contributed by atoms with Gasteiger partial charge in [-0.2, -0.15) is 10.5 Å². The number of hydrogen-bond donors (Lipinski definition) is 0. The van der Waals surface area contributed by atoms with Crippen molar-refractivity contribution in [3.8, 4) is 35.8 Å². The Morgan fingerprint density at radius 3 is 0.952 bits per heavy atom. The molecular formula is C40H32N2. The zero-order valence-corrected chi connectivity index (χ0v) is 23.7. The Morgan fingerprint density at radius 1 is 0.381 bits per heavy atom. The fraction of sp³-hybridized carbons (Fsp3) is 0.150. The first-order valence-electron chi connectivity index (χ1n) is 14.3. The predicted octanol–water partition coefficient (Wildman–Crippen LogP) is 9.51. The zero-order valence-electron chi connectivity index (χ0n) is 23.7. The number of rotatable bonds is 9. The molecule has 0 aliphatic carbocycles. The van der Waals surface area contributed by atoms with Gasteiger partial charge in [0.05, 0.1) is 23.3 Å². The highest BCUT2D eigenvalue weighted by atomic mass is 14.2. The maximum Gasteiger partial charge on any atom is 0.0991 e. The molecule has 0 atom stereocenters. The maximum absolute atomic E-state index is 8.90. The summed E-state index contributed by atoms with van der Waals surface area (Å²) in [4.78, 5) is 0. The van der Waals surface area contributed by atoms with Crippen LogP contribution in [-0.4, -0.2) is 0 Å². The number of hydrogen-bond acceptors (Lipinski definition) is 2. The van der Waals surface area contributed by atoms with Crippen LogP contribution >= 0.6 is 0 Å². The molecule has 0 aliphatic rings. The van der Waals surface area contributed by atoms with Crippen LogP contribution in [-0.2, 0) is 0 Å². The summed E-state index contributed by atoms with van der Waals surface area (Å²) in [5, 5.41) is 17.8. The number of benzene rings is 4.